The number of nitrogens with zero attached hydrogens (tertiary/aromatic N) is 1. The Labute approximate surface area is 187 Å². The highest BCUT2D eigenvalue weighted by Crippen LogP contribution is 2.28. The molecule has 0 aliphatic carbocycles. The Morgan fingerprint density at radius 1 is 1.13 bits per heavy atom. The molecular formula is C23H27Cl2NO4. The van der Waals surface area contributed by atoms with E-state index in [9.17, 15) is 9.90 Å². The van der Waals surface area contributed by atoms with E-state index in [1.165, 1.54) is 0 Å². The van der Waals surface area contributed by atoms with Gasteiger partial charge in [-0.25, -0.2) is 0 Å². The Balaban J connectivity index is 1.40. The zero-order valence-electron chi connectivity index (χ0n) is 16.8. The van der Waals surface area contributed by atoms with Gasteiger partial charge >= 0.3 is 0 Å². The normalized spacial score (nSPS) is 16.2. The first-order valence-corrected chi connectivity index (χ1v) is 11.0. The van der Waals surface area contributed by atoms with Crippen molar-refractivity contribution < 1.29 is 19.4 Å². The maximum absolute atomic E-state index is 10.6. The van der Waals surface area contributed by atoms with Gasteiger partial charge in [0, 0.05) is 32.1 Å². The molecule has 5 nitrogen and oxygen atoms in total. The van der Waals surface area contributed by atoms with E-state index in [0.717, 1.165) is 49.3 Å². The van der Waals surface area contributed by atoms with Crippen LogP contribution in [0.3, 0.4) is 0 Å². The van der Waals surface area contributed by atoms with Gasteiger partial charge in [-0.3, -0.25) is 0 Å². The van der Waals surface area contributed by atoms with Crippen LogP contribution in [0.25, 0.3) is 0 Å². The van der Waals surface area contributed by atoms with Crippen LogP contribution in [0.15, 0.2) is 42.5 Å². The van der Waals surface area contributed by atoms with Crippen LogP contribution in [-0.4, -0.2) is 54.7 Å². The fourth-order valence-electron chi connectivity index (χ4n) is 3.55. The second kappa shape index (κ2) is 11.6. The number of aliphatic hydroxyl groups is 1. The maximum atomic E-state index is 10.6. The van der Waals surface area contributed by atoms with Crippen molar-refractivity contribution in [1.82, 2.24) is 4.90 Å². The van der Waals surface area contributed by atoms with Crippen LogP contribution in [0.1, 0.15) is 24.8 Å². The van der Waals surface area contributed by atoms with Gasteiger partial charge in [0.25, 0.3) is 0 Å². The predicted octanol–water partition coefficient (Wildman–Crippen LogP) is 4.41. The summed E-state index contributed by atoms with van der Waals surface area (Å²) in [4.78, 5) is 12.8. The Morgan fingerprint density at radius 3 is 2.63 bits per heavy atom. The molecule has 1 aliphatic rings. The van der Waals surface area contributed by atoms with Crippen LogP contribution in [0, 0.1) is 0 Å². The van der Waals surface area contributed by atoms with Gasteiger partial charge in [0.1, 0.15) is 36.6 Å². The van der Waals surface area contributed by atoms with Gasteiger partial charge < -0.3 is 24.3 Å². The molecular weight excluding hydrogens is 425 g/mol. The monoisotopic (exact) mass is 451 g/mol. The van der Waals surface area contributed by atoms with Crippen molar-refractivity contribution in [2.75, 3.05) is 26.2 Å². The van der Waals surface area contributed by atoms with Gasteiger partial charge in [-0.2, -0.15) is 0 Å². The van der Waals surface area contributed by atoms with Crippen molar-refractivity contribution in [1.29, 1.82) is 0 Å². The van der Waals surface area contributed by atoms with E-state index in [4.69, 9.17) is 32.7 Å². The number of aryl methyl sites for hydroxylation is 1. The van der Waals surface area contributed by atoms with Gasteiger partial charge in [-0.05, 0) is 43.0 Å². The van der Waals surface area contributed by atoms with Crippen molar-refractivity contribution in [3.05, 3.63) is 58.1 Å². The largest absolute Gasteiger partial charge is 0.491 e. The average molecular weight is 452 g/mol. The smallest absolute Gasteiger partial charge is 0.122 e. The third-order valence-electron chi connectivity index (χ3n) is 5.13. The first-order valence-electron chi connectivity index (χ1n) is 10.2. The molecule has 7 heteroatoms. The standard InChI is InChI=1S/C23H27Cl2NO4/c24-21-8-7-20(14-22(21)25)30-19-9-11-26(12-10-19)15-18(28)16-29-23-6-2-1-4-17(23)5-3-13-27/h1-2,4,6-8,13-14,18-19,28H,3,5,9-12,15-16H2. The lowest BCUT2D eigenvalue weighted by molar-refractivity contribution is -0.107. The Hall–Kier alpha value is -1.79. The molecule has 1 heterocycles. The summed E-state index contributed by atoms with van der Waals surface area (Å²) in [6.07, 6.45) is 3.29. The van der Waals surface area contributed by atoms with Gasteiger partial charge in [0.05, 0.1) is 10.0 Å². The molecule has 0 radical (unpaired) electrons. The van der Waals surface area contributed by atoms with Gasteiger partial charge in [-0.15, -0.1) is 0 Å². The van der Waals surface area contributed by atoms with Gasteiger partial charge in [0.2, 0.25) is 0 Å². The number of aliphatic hydroxyl groups excluding tert-OH is 1. The molecule has 0 aromatic heterocycles. The number of para-hydroxylation sites is 1. The second-order valence-corrected chi connectivity index (χ2v) is 8.29. The SMILES string of the molecule is O=CCCc1ccccc1OCC(O)CN1CCC(Oc2ccc(Cl)c(Cl)c2)CC1. The van der Waals surface area contributed by atoms with Crippen LogP contribution in [0.4, 0.5) is 0 Å². The summed E-state index contributed by atoms with van der Waals surface area (Å²) >= 11 is 12.0. The lowest BCUT2D eigenvalue weighted by atomic mass is 10.1. The highest BCUT2D eigenvalue weighted by atomic mass is 35.5. The highest BCUT2D eigenvalue weighted by molar-refractivity contribution is 6.42. The number of ether oxygens (including phenoxy) is 2. The molecule has 0 bridgehead atoms. The molecule has 162 valence electrons. The molecule has 1 unspecified atom stereocenters. The molecule has 30 heavy (non-hydrogen) atoms. The summed E-state index contributed by atoms with van der Waals surface area (Å²) in [6.45, 7) is 2.46. The number of hydrogen-bond acceptors (Lipinski definition) is 5. The minimum atomic E-state index is -0.586. The lowest BCUT2D eigenvalue weighted by Crippen LogP contribution is -2.43. The van der Waals surface area contributed by atoms with Crippen molar-refractivity contribution in [3.8, 4) is 11.5 Å². The molecule has 2 aromatic rings. The molecule has 3 rings (SSSR count). The van der Waals surface area contributed by atoms with E-state index >= 15 is 0 Å². The Bertz CT molecular complexity index is 825. The molecule has 1 atom stereocenters. The van der Waals surface area contributed by atoms with E-state index in [-0.39, 0.29) is 12.7 Å². The number of piperidine rings is 1. The van der Waals surface area contributed by atoms with E-state index < -0.39 is 6.10 Å². The number of carbonyl (C=O) groups is 1. The zero-order chi connectivity index (χ0) is 21.3. The van der Waals surface area contributed by atoms with E-state index in [0.29, 0.717) is 29.4 Å². The average Bonchev–Trinajstić information content (AvgIpc) is 2.75. The number of β-amino-alcohol motifs (C(OH)–C–C–N with tert-alkyl or cyclic N) is 1. The van der Waals surface area contributed by atoms with E-state index in [2.05, 4.69) is 4.90 Å². The first kappa shape index (κ1) is 22.9. The molecule has 1 saturated heterocycles. The number of rotatable bonds is 10. The highest BCUT2D eigenvalue weighted by Gasteiger charge is 2.22. The van der Waals surface area contributed by atoms with Crippen molar-refractivity contribution in [3.63, 3.8) is 0 Å². The van der Waals surface area contributed by atoms with Gasteiger partial charge in [0.15, 0.2) is 0 Å². The van der Waals surface area contributed by atoms with E-state index in [1.54, 1.807) is 12.1 Å². The quantitative estimate of drug-likeness (QED) is 0.542. The zero-order valence-corrected chi connectivity index (χ0v) is 18.3. The summed E-state index contributed by atoms with van der Waals surface area (Å²) in [5, 5.41) is 11.4. The minimum Gasteiger partial charge on any atom is -0.491 e. The summed E-state index contributed by atoms with van der Waals surface area (Å²) in [6, 6.07) is 12.9. The first-order chi connectivity index (χ1) is 14.5. The number of likely N-dealkylation sites (tertiary alicyclic amines) is 1. The van der Waals surface area contributed by atoms with E-state index in [1.807, 2.05) is 30.3 Å². The maximum Gasteiger partial charge on any atom is 0.122 e. The van der Waals surface area contributed by atoms with Crippen LogP contribution in [0.2, 0.25) is 10.0 Å². The molecule has 0 amide bonds. The van der Waals surface area contributed by atoms with Crippen LogP contribution < -0.4 is 9.47 Å². The Kier molecular flexibility index (Phi) is 8.82. The van der Waals surface area contributed by atoms with Crippen LogP contribution >= 0.6 is 23.2 Å². The van der Waals surface area contributed by atoms with Crippen LogP contribution in [-0.2, 0) is 11.2 Å². The topological polar surface area (TPSA) is 59.0 Å². The van der Waals surface area contributed by atoms with Gasteiger partial charge in [-0.1, -0.05) is 41.4 Å². The number of hydrogen-bond donors (Lipinski definition) is 1. The summed E-state index contributed by atoms with van der Waals surface area (Å²) in [5.41, 5.74) is 0.983. The third kappa shape index (κ3) is 6.88. The molecule has 2 aromatic carbocycles. The number of halogens is 2. The molecule has 0 spiro atoms. The fourth-order valence-corrected chi connectivity index (χ4v) is 3.84. The summed E-state index contributed by atoms with van der Waals surface area (Å²) in [7, 11) is 0. The molecule has 1 N–H and O–H groups in total. The molecule has 0 saturated carbocycles. The molecule has 1 fully saturated rings. The second-order valence-electron chi connectivity index (χ2n) is 7.47. The summed E-state index contributed by atoms with van der Waals surface area (Å²) in [5.74, 6) is 1.46. The number of benzene rings is 2. The lowest BCUT2D eigenvalue weighted by Gasteiger charge is -2.33. The Morgan fingerprint density at radius 2 is 1.90 bits per heavy atom. The number of aldehydes is 1. The number of carbonyl (C=O) groups excluding carboxylic acids is 1. The summed E-state index contributed by atoms with van der Waals surface area (Å²) < 4.78 is 11.8. The van der Waals surface area contributed by atoms with Crippen molar-refractivity contribution in [2.24, 2.45) is 0 Å². The molecule has 1 aliphatic heterocycles. The minimum absolute atomic E-state index is 0.122. The third-order valence-corrected chi connectivity index (χ3v) is 5.87. The van der Waals surface area contributed by atoms with Crippen LogP contribution in [0.5, 0.6) is 11.5 Å². The van der Waals surface area contributed by atoms with Crippen molar-refractivity contribution >= 4 is 29.5 Å². The fraction of sp³-hybridized carbons (Fsp3) is 0.435. The predicted molar refractivity (Wildman–Crippen MR) is 119 cm³/mol. The van der Waals surface area contributed by atoms with Crippen molar-refractivity contribution in [2.45, 2.75) is 37.9 Å².